The minimum absolute atomic E-state index is 0.147. The number of carbonyl (C=O) groups excluding carboxylic acids is 1. The predicted molar refractivity (Wildman–Crippen MR) is 76.1 cm³/mol. The molecular formula is C16H19NO. The van der Waals surface area contributed by atoms with Gasteiger partial charge in [-0.25, -0.2) is 0 Å². The zero-order valence-corrected chi connectivity index (χ0v) is 10.6. The number of ketones is 1. The number of nitrogen functional groups attached to an aromatic ring is 1. The predicted octanol–water partition coefficient (Wildman–Crippen LogP) is 3.74. The highest BCUT2D eigenvalue weighted by molar-refractivity contribution is 6.06. The van der Waals surface area contributed by atoms with Gasteiger partial charge >= 0.3 is 0 Å². The Hall–Kier alpha value is -1.83. The Morgan fingerprint density at radius 3 is 2.67 bits per heavy atom. The van der Waals surface area contributed by atoms with E-state index in [1.165, 1.54) is 12.8 Å². The third-order valence-corrected chi connectivity index (χ3v) is 3.22. The summed E-state index contributed by atoms with van der Waals surface area (Å²) in [4.78, 5) is 12.0. The molecule has 0 unspecified atom stereocenters. The molecule has 1 aromatic rings. The van der Waals surface area contributed by atoms with E-state index in [-0.39, 0.29) is 5.78 Å². The van der Waals surface area contributed by atoms with Crippen LogP contribution in [0.15, 0.2) is 42.0 Å². The van der Waals surface area contributed by atoms with Crippen molar-refractivity contribution >= 4 is 17.5 Å². The van der Waals surface area contributed by atoms with E-state index >= 15 is 0 Å². The molecule has 0 aliphatic heterocycles. The monoisotopic (exact) mass is 241 g/mol. The molecule has 2 rings (SSSR count). The van der Waals surface area contributed by atoms with E-state index < -0.39 is 0 Å². The van der Waals surface area contributed by atoms with Crippen LogP contribution in [0, 0.1) is 0 Å². The van der Waals surface area contributed by atoms with Crippen LogP contribution in [-0.2, 0) is 4.79 Å². The normalized spacial score (nSPS) is 16.3. The second-order valence-corrected chi connectivity index (χ2v) is 4.69. The molecule has 0 amide bonds. The molecule has 0 fully saturated rings. The Labute approximate surface area is 108 Å². The van der Waals surface area contributed by atoms with Crippen molar-refractivity contribution in [1.82, 2.24) is 0 Å². The van der Waals surface area contributed by atoms with Crippen LogP contribution in [0.3, 0.4) is 0 Å². The molecule has 94 valence electrons. The minimum atomic E-state index is 0.147. The van der Waals surface area contributed by atoms with Gasteiger partial charge in [0, 0.05) is 5.69 Å². The molecule has 0 atom stereocenters. The third kappa shape index (κ3) is 3.59. The molecular weight excluding hydrogens is 222 g/mol. The van der Waals surface area contributed by atoms with Gasteiger partial charge in [-0.3, -0.25) is 4.79 Å². The standard InChI is InChI=1S/C16H19NO/c17-15-10-7-13(8-11-15)9-12-16(18)14-5-3-1-2-4-6-14/h5,7-12H,1-4,6,17H2/b12-9+. The van der Waals surface area contributed by atoms with Crippen molar-refractivity contribution < 1.29 is 4.79 Å². The van der Waals surface area contributed by atoms with Gasteiger partial charge in [0.2, 0.25) is 0 Å². The lowest BCUT2D eigenvalue weighted by Crippen LogP contribution is -1.97. The van der Waals surface area contributed by atoms with Gasteiger partial charge in [-0.05, 0) is 55.0 Å². The number of benzene rings is 1. The Balaban J connectivity index is 2.02. The summed E-state index contributed by atoms with van der Waals surface area (Å²) in [5, 5.41) is 0. The molecule has 0 heterocycles. The minimum Gasteiger partial charge on any atom is -0.399 e. The van der Waals surface area contributed by atoms with E-state index in [9.17, 15) is 4.79 Å². The van der Waals surface area contributed by atoms with E-state index in [0.717, 1.165) is 36.1 Å². The molecule has 2 nitrogen and oxygen atoms in total. The summed E-state index contributed by atoms with van der Waals surface area (Å²) in [6, 6.07) is 7.52. The Morgan fingerprint density at radius 2 is 1.89 bits per heavy atom. The lowest BCUT2D eigenvalue weighted by Gasteiger charge is -2.00. The number of allylic oxidation sites excluding steroid dienone is 3. The zero-order valence-electron chi connectivity index (χ0n) is 10.6. The average Bonchev–Trinajstić information content (AvgIpc) is 2.66. The maximum absolute atomic E-state index is 12.0. The van der Waals surface area contributed by atoms with Gasteiger partial charge in [0.05, 0.1) is 0 Å². The van der Waals surface area contributed by atoms with E-state index in [1.54, 1.807) is 6.08 Å². The number of rotatable bonds is 3. The maximum Gasteiger partial charge on any atom is 0.181 e. The van der Waals surface area contributed by atoms with Gasteiger partial charge < -0.3 is 5.73 Å². The molecule has 1 aromatic carbocycles. The summed E-state index contributed by atoms with van der Waals surface area (Å²) >= 11 is 0. The summed E-state index contributed by atoms with van der Waals surface area (Å²) in [5.41, 5.74) is 8.34. The second-order valence-electron chi connectivity index (χ2n) is 4.69. The zero-order chi connectivity index (χ0) is 12.8. The molecule has 2 N–H and O–H groups in total. The molecule has 0 saturated carbocycles. The number of nitrogens with two attached hydrogens (primary N) is 1. The fraction of sp³-hybridized carbons (Fsp3) is 0.312. The average molecular weight is 241 g/mol. The highest BCUT2D eigenvalue weighted by atomic mass is 16.1. The first-order valence-electron chi connectivity index (χ1n) is 6.53. The third-order valence-electron chi connectivity index (χ3n) is 3.22. The largest absolute Gasteiger partial charge is 0.399 e. The SMILES string of the molecule is Nc1ccc(/C=C/C(=O)C2=CCCCCC2)cc1. The maximum atomic E-state index is 12.0. The molecule has 0 bridgehead atoms. The van der Waals surface area contributed by atoms with Crippen molar-refractivity contribution in [1.29, 1.82) is 0 Å². The van der Waals surface area contributed by atoms with Crippen LogP contribution in [0.5, 0.6) is 0 Å². The van der Waals surface area contributed by atoms with Crippen molar-refractivity contribution in [2.45, 2.75) is 32.1 Å². The quantitative estimate of drug-likeness (QED) is 0.647. The molecule has 0 spiro atoms. The summed E-state index contributed by atoms with van der Waals surface area (Å²) < 4.78 is 0. The van der Waals surface area contributed by atoms with Crippen LogP contribution < -0.4 is 5.73 Å². The first kappa shape index (κ1) is 12.6. The number of carbonyl (C=O) groups is 1. The van der Waals surface area contributed by atoms with Gasteiger partial charge in [0.25, 0.3) is 0 Å². The Morgan fingerprint density at radius 1 is 1.11 bits per heavy atom. The van der Waals surface area contributed by atoms with Crippen LogP contribution in [-0.4, -0.2) is 5.78 Å². The highest BCUT2D eigenvalue weighted by Crippen LogP contribution is 2.18. The van der Waals surface area contributed by atoms with Gasteiger partial charge in [0.15, 0.2) is 5.78 Å². The van der Waals surface area contributed by atoms with Gasteiger partial charge in [-0.1, -0.05) is 30.7 Å². The molecule has 1 aliphatic carbocycles. The van der Waals surface area contributed by atoms with Crippen LogP contribution in [0.25, 0.3) is 6.08 Å². The van der Waals surface area contributed by atoms with Crippen LogP contribution in [0.4, 0.5) is 5.69 Å². The number of hydrogen-bond donors (Lipinski definition) is 1. The van der Waals surface area contributed by atoms with Crippen molar-refractivity contribution in [3.8, 4) is 0 Å². The Kier molecular flexibility index (Phi) is 4.35. The fourth-order valence-electron chi connectivity index (χ4n) is 2.12. The smallest absolute Gasteiger partial charge is 0.181 e. The molecule has 0 saturated heterocycles. The Bertz CT molecular complexity index is 468. The highest BCUT2D eigenvalue weighted by Gasteiger charge is 2.08. The molecule has 18 heavy (non-hydrogen) atoms. The first-order valence-corrected chi connectivity index (χ1v) is 6.53. The van der Waals surface area contributed by atoms with E-state index in [4.69, 9.17) is 5.73 Å². The van der Waals surface area contributed by atoms with Crippen molar-refractivity contribution in [3.63, 3.8) is 0 Å². The van der Waals surface area contributed by atoms with Gasteiger partial charge in [0.1, 0.15) is 0 Å². The molecule has 1 aliphatic rings. The molecule has 2 heteroatoms. The lowest BCUT2D eigenvalue weighted by atomic mass is 10.0. The van der Waals surface area contributed by atoms with E-state index in [2.05, 4.69) is 6.08 Å². The van der Waals surface area contributed by atoms with Gasteiger partial charge in [-0.15, -0.1) is 0 Å². The van der Waals surface area contributed by atoms with E-state index in [1.807, 2.05) is 30.3 Å². The van der Waals surface area contributed by atoms with E-state index in [0.29, 0.717) is 0 Å². The van der Waals surface area contributed by atoms with Crippen LogP contribution in [0.1, 0.15) is 37.7 Å². The lowest BCUT2D eigenvalue weighted by molar-refractivity contribution is -0.111. The van der Waals surface area contributed by atoms with Crippen molar-refractivity contribution in [3.05, 3.63) is 47.6 Å². The first-order chi connectivity index (χ1) is 8.75. The number of hydrogen-bond acceptors (Lipinski definition) is 2. The summed E-state index contributed by atoms with van der Waals surface area (Å²) in [5.74, 6) is 0.147. The topological polar surface area (TPSA) is 43.1 Å². The summed E-state index contributed by atoms with van der Waals surface area (Å²) in [7, 11) is 0. The summed E-state index contributed by atoms with van der Waals surface area (Å²) in [6.07, 6.45) is 11.2. The summed E-state index contributed by atoms with van der Waals surface area (Å²) in [6.45, 7) is 0. The fourth-order valence-corrected chi connectivity index (χ4v) is 2.12. The second kappa shape index (κ2) is 6.20. The van der Waals surface area contributed by atoms with Crippen molar-refractivity contribution in [2.24, 2.45) is 0 Å². The van der Waals surface area contributed by atoms with Crippen LogP contribution in [0.2, 0.25) is 0 Å². The van der Waals surface area contributed by atoms with Crippen LogP contribution >= 0.6 is 0 Å². The van der Waals surface area contributed by atoms with Crippen molar-refractivity contribution in [2.75, 3.05) is 5.73 Å². The van der Waals surface area contributed by atoms with Gasteiger partial charge in [-0.2, -0.15) is 0 Å². The molecule has 0 radical (unpaired) electrons. The number of anilines is 1. The molecule has 0 aromatic heterocycles.